The molecule has 3 rings (SSSR count). The molecule has 1 saturated heterocycles. The number of hydrogen-bond donors (Lipinski definition) is 1. The summed E-state index contributed by atoms with van der Waals surface area (Å²) in [6.45, 7) is 2.80. The van der Waals surface area contributed by atoms with Gasteiger partial charge in [-0.15, -0.1) is 0 Å². The number of nitrogens with two attached hydrogens (primary N) is 1. The molecule has 0 bridgehead atoms. The Morgan fingerprint density at radius 1 is 1.24 bits per heavy atom. The Morgan fingerprint density at radius 3 is 2.52 bits per heavy atom. The second-order valence-corrected chi connectivity index (χ2v) is 5.99. The first-order chi connectivity index (χ1) is 10.1. The van der Waals surface area contributed by atoms with Crippen LogP contribution in [0.1, 0.15) is 12.8 Å². The van der Waals surface area contributed by atoms with Gasteiger partial charge in [-0.3, -0.25) is 4.99 Å². The molecule has 0 aliphatic carbocycles. The minimum absolute atomic E-state index is 0.566. The average Bonchev–Trinajstić information content (AvgIpc) is 2.94. The molecule has 2 N–H and O–H groups in total. The fraction of sp³-hybridized carbons (Fsp3) is 0.500. The lowest BCUT2D eigenvalue weighted by molar-refractivity contribution is 0.503. The van der Waals surface area contributed by atoms with E-state index < -0.39 is 0 Å². The zero-order valence-electron chi connectivity index (χ0n) is 12.8. The van der Waals surface area contributed by atoms with Gasteiger partial charge in [0.2, 0.25) is 0 Å². The molecule has 2 aliphatic heterocycles. The number of anilines is 2. The van der Waals surface area contributed by atoms with Crippen molar-refractivity contribution < 1.29 is 0 Å². The standard InChI is InChI=1S/C16H23N5/c1-20(2)16-4-3-14(11-19-16)21-7-5-12(6-8-21)15-9-13(17)10-18-15/h3-4,9,11-12H,5-8,10,17H2,1-2H3. The molecule has 0 spiro atoms. The van der Waals surface area contributed by atoms with Crippen molar-refractivity contribution in [2.24, 2.45) is 16.6 Å². The van der Waals surface area contributed by atoms with Gasteiger partial charge in [-0.25, -0.2) is 4.98 Å². The Morgan fingerprint density at radius 2 is 2.00 bits per heavy atom. The third-order valence-electron chi connectivity index (χ3n) is 4.25. The Balaban J connectivity index is 1.60. The summed E-state index contributed by atoms with van der Waals surface area (Å²) >= 11 is 0. The number of aromatic nitrogens is 1. The van der Waals surface area contributed by atoms with Crippen molar-refractivity contribution in [3.8, 4) is 0 Å². The maximum atomic E-state index is 5.81. The molecule has 1 fully saturated rings. The van der Waals surface area contributed by atoms with E-state index in [0.29, 0.717) is 12.5 Å². The molecule has 5 nitrogen and oxygen atoms in total. The largest absolute Gasteiger partial charge is 0.400 e. The quantitative estimate of drug-likeness (QED) is 0.917. The zero-order chi connectivity index (χ0) is 14.8. The second kappa shape index (κ2) is 5.76. The summed E-state index contributed by atoms with van der Waals surface area (Å²) in [5, 5.41) is 0. The average molecular weight is 285 g/mol. The summed E-state index contributed by atoms with van der Waals surface area (Å²) in [5.74, 6) is 1.56. The first-order valence-electron chi connectivity index (χ1n) is 7.52. The lowest BCUT2D eigenvalue weighted by Crippen LogP contribution is -2.36. The predicted octanol–water partition coefficient (Wildman–Crippen LogP) is 1.66. The molecule has 0 amide bonds. The number of piperidine rings is 1. The lowest BCUT2D eigenvalue weighted by Gasteiger charge is -2.33. The van der Waals surface area contributed by atoms with Crippen LogP contribution in [0.5, 0.6) is 0 Å². The molecule has 0 unspecified atom stereocenters. The maximum Gasteiger partial charge on any atom is 0.128 e. The van der Waals surface area contributed by atoms with Gasteiger partial charge >= 0.3 is 0 Å². The fourth-order valence-corrected chi connectivity index (χ4v) is 2.97. The minimum Gasteiger partial charge on any atom is -0.400 e. The molecule has 3 heterocycles. The molecule has 0 atom stereocenters. The van der Waals surface area contributed by atoms with Crippen molar-refractivity contribution in [1.29, 1.82) is 0 Å². The van der Waals surface area contributed by atoms with Gasteiger partial charge in [-0.1, -0.05) is 0 Å². The summed E-state index contributed by atoms with van der Waals surface area (Å²) in [6.07, 6.45) is 6.31. The van der Waals surface area contributed by atoms with Gasteiger partial charge in [0.1, 0.15) is 5.82 Å². The Labute approximate surface area is 126 Å². The van der Waals surface area contributed by atoms with E-state index in [2.05, 4.69) is 33.1 Å². The first kappa shape index (κ1) is 13.9. The van der Waals surface area contributed by atoms with Crippen LogP contribution in [0.25, 0.3) is 0 Å². The minimum atomic E-state index is 0.566. The normalized spacial score (nSPS) is 19.4. The van der Waals surface area contributed by atoms with Crippen LogP contribution in [-0.2, 0) is 0 Å². The van der Waals surface area contributed by atoms with Crippen LogP contribution in [0.2, 0.25) is 0 Å². The number of allylic oxidation sites excluding steroid dienone is 1. The smallest absolute Gasteiger partial charge is 0.128 e. The highest BCUT2D eigenvalue weighted by molar-refractivity contribution is 5.99. The van der Waals surface area contributed by atoms with Crippen molar-refractivity contribution in [3.63, 3.8) is 0 Å². The van der Waals surface area contributed by atoms with Gasteiger partial charge in [0.05, 0.1) is 18.4 Å². The van der Waals surface area contributed by atoms with E-state index in [1.807, 2.05) is 25.2 Å². The Kier molecular flexibility index (Phi) is 3.82. The molecule has 0 radical (unpaired) electrons. The van der Waals surface area contributed by atoms with Crippen LogP contribution in [0.3, 0.4) is 0 Å². The van der Waals surface area contributed by atoms with Crippen molar-refractivity contribution in [1.82, 2.24) is 4.98 Å². The number of hydrogen-bond acceptors (Lipinski definition) is 5. The second-order valence-electron chi connectivity index (χ2n) is 5.99. The highest BCUT2D eigenvalue weighted by Gasteiger charge is 2.24. The van der Waals surface area contributed by atoms with Crippen LogP contribution in [0, 0.1) is 5.92 Å². The molecule has 5 heteroatoms. The number of aliphatic imine (C=N–C) groups is 1. The number of rotatable bonds is 3. The SMILES string of the molecule is CN(C)c1ccc(N2CCC(C3=NCC(N)=C3)CC2)cn1. The summed E-state index contributed by atoms with van der Waals surface area (Å²) in [5.41, 5.74) is 9.12. The molecule has 0 saturated carbocycles. The molecular weight excluding hydrogens is 262 g/mol. The molecule has 112 valence electrons. The highest BCUT2D eigenvalue weighted by Crippen LogP contribution is 2.26. The number of pyridine rings is 1. The van der Waals surface area contributed by atoms with Crippen LogP contribution < -0.4 is 15.5 Å². The summed E-state index contributed by atoms with van der Waals surface area (Å²) < 4.78 is 0. The van der Waals surface area contributed by atoms with E-state index in [9.17, 15) is 0 Å². The van der Waals surface area contributed by atoms with E-state index in [1.54, 1.807) is 0 Å². The molecule has 21 heavy (non-hydrogen) atoms. The van der Waals surface area contributed by atoms with Crippen LogP contribution in [0.4, 0.5) is 11.5 Å². The van der Waals surface area contributed by atoms with E-state index in [1.165, 1.54) is 11.4 Å². The number of nitrogens with zero attached hydrogens (tertiary/aromatic N) is 4. The topological polar surface area (TPSA) is 57.8 Å². The highest BCUT2D eigenvalue weighted by atomic mass is 15.2. The molecule has 1 aromatic heterocycles. The lowest BCUT2D eigenvalue weighted by atomic mass is 9.91. The predicted molar refractivity (Wildman–Crippen MR) is 88.1 cm³/mol. The summed E-state index contributed by atoms with van der Waals surface area (Å²) in [6, 6.07) is 4.24. The third kappa shape index (κ3) is 3.01. The zero-order valence-corrected chi connectivity index (χ0v) is 12.8. The Bertz CT molecular complexity index is 551. The van der Waals surface area contributed by atoms with E-state index in [4.69, 9.17) is 5.73 Å². The maximum absolute atomic E-state index is 5.81. The summed E-state index contributed by atoms with van der Waals surface area (Å²) in [4.78, 5) is 13.5. The van der Waals surface area contributed by atoms with Gasteiger partial charge in [0.15, 0.2) is 0 Å². The Hall–Kier alpha value is -2.04. The van der Waals surface area contributed by atoms with Crippen LogP contribution >= 0.6 is 0 Å². The molecular formula is C16H23N5. The fourth-order valence-electron chi connectivity index (χ4n) is 2.97. The molecule has 0 aromatic carbocycles. The molecule has 2 aliphatic rings. The van der Waals surface area contributed by atoms with Gasteiger partial charge in [0, 0.05) is 44.5 Å². The molecule has 1 aromatic rings. The van der Waals surface area contributed by atoms with Crippen LogP contribution in [-0.4, -0.2) is 44.4 Å². The van der Waals surface area contributed by atoms with Crippen molar-refractivity contribution in [2.45, 2.75) is 12.8 Å². The van der Waals surface area contributed by atoms with Gasteiger partial charge in [0.25, 0.3) is 0 Å². The monoisotopic (exact) mass is 285 g/mol. The first-order valence-corrected chi connectivity index (χ1v) is 7.52. The van der Waals surface area contributed by atoms with Crippen molar-refractivity contribution in [3.05, 3.63) is 30.1 Å². The van der Waals surface area contributed by atoms with Crippen molar-refractivity contribution >= 4 is 17.2 Å². The van der Waals surface area contributed by atoms with E-state index in [-0.39, 0.29) is 0 Å². The van der Waals surface area contributed by atoms with Crippen molar-refractivity contribution in [2.75, 3.05) is 43.5 Å². The van der Waals surface area contributed by atoms with Gasteiger partial charge in [-0.2, -0.15) is 0 Å². The van der Waals surface area contributed by atoms with Gasteiger partial charge < -0.3 is 15.5 Å². The summed E-state index contributed by atoms with van der Waals surface area (Å²) in [7, 11) is 4.02. The van der Waals surface area contributed by atoms with Crippen LogP contribution in [0.15, 0.2) is 35.1 Å². The van der Waals surface area contributed by atoms with E-state index >= 15 is 0 Å². The van der Waals surface area contributed by atoms with E-state index in [0.717, 1.165) is 37.4 Å². The van der Waals surface area contributed by atoms with Gasteiger partial charge in [-0.05, 0) is 31.1 Å². The third-order valence-corrected chi connectivity index (χ3v) is 4.25.